The molecule has 1 N–H and O–H groups in total. The summed E-state index contributed by atoms with van der Waals surface area (Å²) in [5.41, 5.74) is 2.27. The van der Waals surface area contributed by atoms with Gasteiger partial charge in [-0.25, -0.2) is 19.0 Å². The van der Waals surface area contributed by atoms with Gasteiger partial charge in [0.25, 0.3) is 0 Å². The number of hydrogen-bond acceptors (Lipinski definition) is 7. The van der Waals surface area contributed by atoms with Crippen molar-refractivity contribution in [3.05, 3.63) is 78.2 Å². The molecule has 0 bridgehead atoms. The number of cyclic esters (lactones) is 1. The molecule has 40 heavy (non-hydrogen) atoms. The lowest BCUT2D eigenvalue weighted by Crippen LogP contribution is -2.49. The zero-order chi connectivity index (χ0) is 28.1. The Hall–Kier alpha value is -4.67. The maximum absolute atomic E-state index is 15.1. The number of rotatable bonds is 7. The minimum absolute atomic E-state index is 0.198. The first-order chi connectivity index (χ1) is 19.4. The average Bonchev–Trinajstić information content (AvgIpc) is 3.36. The average molecular weight is 548 g/mol. The van der Waals surface area contributed by atoms with E-state index in [9.17, 15) is 14.4 Å². The fourth-order valence-electron chi connectivity index (χ4n) is 4.66. The van der Waals surface area contributed by atoms with Crippen molar-refractivity contribution in [2.45, 2.75) is 19.6 Å². The zero-order valence-electron chi connectivity index (χ0n) is 22.1. The van der Waals surface area contributed by atoms with Crippen LogP contribution >= 0.6 is 0 Å². The Morgan fingerprint density at radius 2 is 1.85 bits per heavy atom. The topological polar surface area (TPSA) is 104 Å². The second-order valence-corrected chi connectivity index (χ2v) is 9.64. The normalized spacial score (nSPS) is 17.0. The molecule has 1 aromatic heterocycles. The molecule has 0 unspecified atom stereocenters. The first-order valence-corrected chi connectivity index (χ1v) is 13.1. The van der Waals surface area contributed by atoms with Gasteiger partial charge in [-0.15, -0.1) is 0 Å². The van der Waals surface area contributed by atoms with E-state index in [0.29, 0.717) is 43.0 Å². The monoisotopic (exact) mass is 547 g/mol. The van der Waals surface area contributed by atoms with E-state index in [1.807, 2.05) is 36.4 Å². The van der Waals surface area contributed by atoms with Crippen LogP contribution in [0.3, 0.4) is 0 Å². The van der Waals surface area contributed by atoms with Crippen LogP contribution in [0.15, 0.2) is 66.9 Å². The SMILES string of the molecule is CC(=O)NC[C@H]1CN(c2ccc(-c3ccc(N4CCN(C(=O)OCc5ccccc5)CC4)nc3)c(F)c2)C(=O)O1. The van der Waals surface area contributed by atoms with Gasteiger partial charge in [-0.05, 0) is 35.9 Å². The number of benzene rings is 2. The van der Waals surface area contributed by atoms with E-state index in [2.05, 4.69) is 15.2 Å². The molecule has 0 radical (unpaired) electrons. The van der Waals surface area contributed by atoms with Gasteiger partial charge in [0.1, 0.15) is 24.3 Å². The van der Waals surface area contributed by atoms with E-state index in [0.717, 1.165) is 11.4 Å². The standard InChI is InChI=1S/C29H30FN5O5/c1-20(36)31-17-24-18-35(29(38)40-24)23-8-9-25(26(30)15-23)22-7-10-27(32-16-22)33-11-13-34(14-12-33)28(37)39-19-21-5-3-2-4-6-21/h2-10,15-16,24H,11-14,17-19H2,1H3,(H,31,36)/t24-/m0/s1. The van der Waals surface area contributed by atoms with Crippen molar-refractivity contribution in [1.82, 2.24) is 15.2 Å². The van der Waals surface area contributed by atoms with Gasteiger partial charge in [0.15, 0.2) is 0 Å². The highest BCUT2D eigenvalue weighted by atomic mass is 19.1. The van der Waals surface area contributed by atoms with E-state index in [1.165, 1.54) is 17.9 Å². The molecule has 0 aliphatic carbocycles. The number of halogens is 1. The van der Waals surface area contributed by atoms with E-state index in [1.54, 1.807) is 29.3 Å². The number of piperazine rings is 1. The van der Waals surface area contributed by atoms with Crippen LogP contribution in [0.25, 0.3) is 11.1 Å². The molecule has 208 valence electrons. The fourth-order valence-corrected chi connectivity index (χ4v) is 4.66. The Morgan fingerprint density at radius 1 is 1.07 bits per heavy atom. The van der Waals surface area contributed by atoms with Gasteiger partial charge in [0.05, 0.1) is 18.8 Å². The summed E-state index contributed by atoms with van der Waals surface area (Å²) in [6.07, 6.45) is 0.188. The summed E-state index contributed by atoms with van der Waals surface area (Å²) in [4.78, 5) is 45.4. The molecule has 0 saturated carbocycles. The van der Waals surface area contributed by atoms with Crippen molar-refractivity contribution >= 4 is 29.6 Å². The molecule has 3 aromatic rings. The number of amides is 3. The molecule has 2 aliphatic heterocycles. The van der Waals surface area contributed by atoms with Crippen molar-refractivity contribution in [2.24, 2.45) is 0 Å². The van der Waals surface area contributed by atoms with Crippen molar-refractivity contribution in [1.29, 1.82) is 0 Å². The molecular formula is C29H30FN5O5. The predicted molar refractivity (Wildman–Crippen MR) is 146 cm³/mol. The first kappa shape index (κ1) is 26.9. The molecule has 5 rings (SSSR count). The molecule has 2 aliphatic rings. The van der Waals surface area contributed by atoms with E-state index in [4.69, 9.17) is 9.47 Å². The summed E-state index contributed by atoms with van der Waals surface area (Å²) in [7, 11) is 0. The number of aromatic nitrogens is 1. The van der Waals surface area contributed by atoms with Crippen molar-refractivity contribution in [3.63, 3.8) is 0 Å². The maximum Gasteiger partial charge on any atom is 0.414 e. The minimum atomic E-state index is -0.585. The molecular weight excluding hydrogens is 517 g/mol. The van der Waals surface area contributed by atoms with E-state index < -0.39 is 18.0 Å². The second kappa shape index (κ2) is 12.0. The van der Waals surface area contributed by atoms with E-state index in [-0.39, 0.29) is 31.7 Å². The molecule has 1 atom stereocenters. The molecule has 2 aromatic carbocycles. The van der Waals surface area contributed by atoms with Gasteiger partial charge < -0.3 is 24.6 Å². The number of pyridine rings is 1. The Kier molecular flexibility index (Phi) is 8.09. The predicted octanol–water partition coefficient (Wildman–Crippen LogP) is 3.81. The lowest BCUT2D eigenvalue weighted by molar-refractivity contribution is -0.119. The van der Waals surface area contributed by atoms with Crippen LogP contribution in [0.2, 0.25) is 0 Å². The quantitative estimate of drug-likeness (QED) is 0.480. The summed E-state index contributed by atoms with van der Waals surface area (Å²) < 4.78 is 25.8. The summed E-state index contributed by atoms with van der Waals surface area (Å²) in [6.45, 7) is 4.26. The summed E-state index contributed by atoms with van der Waals surface area (Å²) >= 11 is 0. The van der Waals surface area contributed by atoms with Crippen LogP contribution in [0.1, 0.15) is 12.5 Å². The number of carbonyl (C=O) groups excluding carboxylic acids is 3. The smallest absolute Gasteiger partial charge is 0.414 e. The van der Waals surface area contributed by atoms with Crippen LogP contribution in [0.5, 0.6) is 0 Å². The lowest BCUT2D eigenvalue weighted by Gasteiger charge is -2.34. The van der Waals surface area contributed by atoms with Crippen LogP contribution < -0.4 is 15.1 Å². The van der Waals surface area contributed by atoms with Gasteiger partial charge >= 0.3 is 12.2 Å². The van der Waals surface area contributed by atoms with Crippen LogP contribution in [-0.2, 0) is 20.9 Å². The molecule has 11 heteroatoms. The highest BCUT2D eigenvalue weighted by molar-refractivity contribution is 5.90. The first-order valence-electron chi connectivity index (χ1n) is 13.1. The Morgan fingerprint density at radius 3 is 2.52 bits per heavy atom. The van der Waals surface area contributed by atoms with Gasteiger partial charge in [0, 0.05) is 50.4 Å². The van der Waals surface area contributed by atoms with Crippen molar-refractivity contribution in [3.8, 4) is 11.1 Å². The number of ether oxygens (including phenoxy) is 2. The zero-order valence-corrected chi connectivity index (χ0v) is 22.1. The number of carbonyl (C=O) groups is 3. The Balaban J connectivity index is 1.15. The third-order valence-corrected chi connectivity index (χ3v) is 6.84. The number of nitrogens with one attached hydrogen (secondary N) is 1. The van der Waals surface area contributed by atoms with Gasteiger partial charge in [0.2, 0.25) is 5.91 Å². The van der Waals surface area contributed by atoms with Gasteiger partial charge in [-0.1, -0.05) is 30.3 Å². The third kappa shape index (κ3) is 6.31. The van der Waals surface area contributed by atoms with Crippen molar-refractivity contribution < 1.29 is 28.2 Å². The maximum atomic E-state index is 15.1. The Bertz CT molecular complexity index is 1360. The number of anilines is 2. The highest BCUT2D eigenvalue weighted by Crippen LogP contribution is 2.29. The van der Waals surface area contributed by atoms with Crippen LogP contribution in [0.4, 0.5) is 25.5 Å². The molecule has 10 nitrogen and oxygen atoms in total. The number of hydrogen-bond donors (Lipinski definition) is 1. The van der Waals surface area contributed by atoms with Gasteiger partial charge in [-0.3, -0.25) is 9.69 Å². The van der Waals surface area contributed by atoms with E-state index >= 15 is 4.39 Å². The summed E-state index contributed by atoms with van der Waals surface area (Å²) in [5.74, 6) is 0.0295. The molecule has 3 heterocycles. The summed E-state index contributed by atoms with van der Waals surface area (Å²) in [5, 5.41) is 2.62. The van der Waals surface area contributed by atoms with Crippen LogP contribution in [0, 0.1) is 5.82 Å². The fraction of sp³-hybridized carbons (Fsp3) is 0.310. The number of nitrogens with zero attached hydrogens (tertiary/aromatic N) is 4. The largest absolute Gasteiger partial charge is 0.445 e. The highest BCUT2D eigenvalue weighted by Gasteiger charge is 2.32. The molecule has 0 spiro atoms. The second-order valence-electron chi connectivity index (χ2n) is 9.64. The molecule has 2 fully saturated rings. The van der Waals surface area contributed by atoms with Crippen molar-refractivity contribution in [2.75, 3.05) is 49.1 Å². The Labute approximate surface area is 231 Å². The molecule has 3 amide bonds. The van der Waals surface area contributed by atoms with Gasteiger partial charge in [-0.2, -0.15) is 0 Å². The minimum Gasteiger partial charge on any atom is -0.445 e. The third-order valence-electron chi connectivity index (χ3n) is 6.84. The molecule has 2 saturated heterocycles. The van der Waals surface area contributed by atoms with Crippen LogP contribution in [-0.4, -0.2) is 73.4 Å². The lowest BCUT2D eigenvalue weighted by atomic mass is 10.1. The summed E-state index contributed by atoms with van der Waals surface area (Å²) in [6, 6.07) is 17.7.